The molecule has 5 aliphatic rings. The summed E-state index contributed by atoms with van der Waals surface area (Å²) in [5, 5.41) is 0. The fraction of sp³-hybridized carbons (Fsp3) is 0.679. The van der Waals surface area contributed by atoms with E-state index >= 15 is 0 Å². The number of furan rings is 1. The monoisotopic (exact) mass is 452 g/mol. The molecule has 5 heteroatoms. The first-order chi connectivity index (χ1) is 15.7. The van der Waals surface area contributed by atoms with E-state index in [0.29, 0.717) is 12.5 Å². The number of carbonyl (C=O) groups is 1. The number of ketones is 1. The van der Waals surface area contributed by atoms with Gasteiger partial charge in [0.25, 0.3) is 0 Å². The maximum Gasteiger partial charge on any atom is 0.161 e. The molecule has 1 saturated heterocycles. The molecule has 0 spiro atoms. The van der Waals surface area contributed by atoms with Crippen molar-refractivity contribution in [2.24, 2.45) is 33.5 Å². The Labute approximate surface area is 196 Å². The first-order valence-corrected chi connectivity index (χ1v) is 12.4. The van der Waals surface area contributed by atoms with Gasteiger partial charge in [-0.1, -0.05) is 45.4 Å². The summed E-state index contributed by atoms with van der Waals surface area (Å²) in [6.45, 7) is 10.1. The van der Waals surface area contributed by atoms with Gasteiger partial charge < -0.3 is 18.6 Å². The molecule has 0 N–H and O–H groups in total. The van der Waals surface area contributed by atoms with Crippen molar-refractivity contribution in [2.75, 3.05) is 20.5 Å². The van der Waals surface area contributed by atoms with E-state index in [9.17, 15) is 4.79 Å². The molecule has 0 unspecified atom stereocenters. The van der Waals surface area contributed by atoms with Crippen LogP contribution in [0.3, 0.4) is 0 Å². The molecule has 2 saturated carbocycles. The second kappa shape index (κ2) is 6.93. The number of fused-ring (bicyclic) bond motifs is 4. The zero-order valence-electron chi connectivity index (χ0n) is 20.4. The highest BCUT2D eigenvalue weighted by Crippen LogP contribution is 2.74. The number of methoxy groups -OCH3 is 1. The quantitative estimate of drug-likeness (QED) is 0.459. The van der Waals surface area contributed by atoms with Crippen molar-refractivity contribution in [3.8, 4) is 0 Å². The maximum atomic E-state index is 13.7. The van der Waals surface area contributed by atoms with Crippen molar-refractivity contribution in [3.63, 3.8) is 0 Å². The van der Waals surface area contributed by atoms with E-state index in [2.05, 4.69) is 45.9 Å². The fourth-order valence-electron chi connectivity index (χ4n) is 9.26. The van der Waals surface area contributed by atoms with Gasteiger partial charge in [-0.3, -0.25) is 4.79 Å². The Morgan fingerprint density at radius 3 is 2.73 bits per heavy atom. The summed E-state index contributed by atoms with van der Waals surface area (Å²) in [6.07, 6.45) is 12.8. The molecule has 0 aromatic carbocycles. The van der Waals surface area contributed by atoms with Crippen LogP contribution in [0.2, 0.25) is 0 Å². The lowest BCUT2D eigenvalue weighted by Crippen LogP contribution is -2.69. The molecule has 178 valence electrons. The number of carbonyl (C=O) groups excluding carboxylic acids is 1. The van der Waals surface area contributed by atoms with Gasteiger partial charge in [-0.2, -0.15) is 0 Å². The van der Waals surface area contributed by atoms with E-state index in [-0.39, 0.29) is 52.9 Å². The van der Waals surface area contributed by atoms with Crippen LogP contribution in [-0.2, 0) is 19.0 Å². The van der Waals surface area contributed by atoms with Gasteiger partial charge in [0.05, 0.1) is 31.3 Å². The summed E-state index contributed by atoms with van der Waals surface area (Å²) in [5.74, 6) is 0.942. The number of hydrogen-bond donors (Lipinski definition) is 0. The number of ether oxygens (including phenoxy) is 3. The van der Waals surface area contributed by atoms with Crippen LogP contribution in [0.4, 0.5) is 0 Å². The molecule has 1 aromatic heterocycles. The lowest BCUT2D eigenvalue weighted by atomic mass is 9.38. The summed E-state index contributed by atoms with van der Waals surface area (Å²) in [6, 6.07) is 2.11. The summed E-state index contributed by atoms with van der Waals surface area (Å²) >= 11 is 0. The third-order valence-electron chi connectivity index (χ3n) is 10.5. The fourth-order valence-corrected chi connectivity index (χ4v) is 9.26. The Bertz CT molecular complexity index is 1030. The molecule has 6 rings (SSSR count). The van der Waals surface area contributed by atoms with E-state index in [1.807, 2.05) is 12.3 Å². The average molecular weight is 453 g/mol. The lowest BCUT2D eigenvalue weighted by molar-refractivity contribution is -0.232. The first kappa shape index (κ1) is 21.8. The van der Waals surface area contributed by atoms with Gasteiger partial charge in [0.15, 0.2) is 5.78 Å². The molecule has 3 fully saturated rings. The average Bonchev–Trinajstić information content (AvgIpc) is 3.49. The first-order valence-electron chi connectivity index (χ1n) is 12.4. The molecule has 9 atom stereocenters. The Kier molecular flexibility index (Phi) is 4.58. The second-order valence-corrected chi connectivity index (χ2v) is 12.0. The molecular weight excluding hydrogens is 416 g/mol. The van der Waals surface area contributed by atoms with E-state index in [1.165, 1.54) is 11.1 Å². The predicted molar refractivity (Wildman–Crippen MR) is 123 cm³/mol. The van der Waals surface area contributed by atoms with Crippen LogP contribution in [0.25, 0.3) is 0 Å². The number of allylic oxidation sites excluding steroid dienone is 2. The summed E-state index contributed by atoms with van der Waals surface area (Å²) in [4.78, 5) is 13.7. The minimum atomic E-state index is -0.470. The van der Waals surface area contributed by atoms with Crippen LogP contribution in [0.15, 0.2) is 46.8 Å². The third-order valence-corrected chi connectivity index (χ3v) is 10.5. The highest BCUT2D eigenvalue weighted by Gasteiger charge is 2.74. The third kappa shape index (κ3) is 2.51. The minimum absolute atomic E-state index is 0.00244. The van der Waals surface area contributed by atoms with Crippen LogP contribution in [0.1, 0.15) is 58.4 Å². The molecule has 0 amide bonds. The molecule has 1 aromatic rings. The van der Waals surface area contributed by atoms with Crippen molar-refractivity contribution in [1.29, 1.82) is 0 Å². The largest absolute Gasteiger partial charge is 0.472 e. The summed E-state index contributed by atoms with van der Waals surface area (Å²) in [5.41, 5.74) is 1.78. The van der Waals surface area contributed by atoms with E-state index < -0.39 is 5.41 Å². The molecule has 0 radical (unpaired) electrons. The van der Waals surface area contributed by atoms with Crippen molar-refractivity contribution < 1.29 is 23.4 Å². The topological polar surface area (TPSA) is 57.9 Å². The van der Waals surface area contributed by atoms with Gasteiger partial charge in [0.1, 0.15) is 6.79 Å². The number of hydrogen-bond acceptors (Lipinski definition) is 5. The van der Waals surface area contributed by atoms with Crippen molar-refractivity contribution >= 4 is 5.78 Å². The molecule has 0 bridgehead atoms. The van der Waals surface area contributed by atoms with Crippen LogP contribution < -0.4 is 0 Å². The Morgan fingerprint density at radius 2 is 2.00 bits per heavy atom. The highest BCUT2D eigenvalue weighted by atomic mass is 16.7. The van der Waals surface area contributed by atoms with Crippen molar-refractivity contribution in [3.05, 3.63) is 48.0 Å². The lowest BCUT2D eigenvalue weighted by Gasteiger charge is -2.66. The molecule has 5 nitrogen and oxygen atoms in total. The van der Waals surface area contributed by atoms with Gasteiger partial charge in [-0.15, -0.1) is 0 Å². The van der Waals surface area contributed by atoms with Gasteiger partial charge in [0.2, 0.25) is 0 Å². The predicted octanol–water partition coefficient (Wildman–Crippen LogP) is 5.29. The summed E-state index contributed by atoms with van der Waals surface area (Å²) in [7, 11) is 1.67. The molecule has 4 aliphatic carbocycles. The highest BCUT2D eigenvalue weighted by molar-refractivity contribution is 5.97. The van der Waals surface area contributed by atoms with Crippen LogP contribution in [0.5, 0.6) is 0 Å². The zero-order valence-corrected chi connectivity index (χ0v) is 20.4. The van der Waals surface area contributed by atoms with Gasteiger partial charge >= 0.3 is 0 Å². The second-order valence-electron chi connectivity index (χ2n) is 12.0. The van der Waals surface area contributed by atoms with Crippen LogP contribution in [0, 0.1) is 33.5 Å². The SMILES string of the molecule is COCO[C@@H]1[C@@H]2OC[C@]3(C)C=CC(=O)[C@](C)([C@H]4CC[C@]5(C)C(=CC[C@H]5c5ccoc5)[C@@]41C)[C@@H]23. The van der Waals surface area contributed by atoms with E-state index in [1.54, 1.807) is 13.4 Å². The van der Waals surface area contributed by atoms with E-state index in [4.69, 9.17) is 18.6 Å². The summed E-state index contributed by atoms with van der Waals surface area (Å²) < 4.78 is 24.0. The Morgan fingerprint density at radius 1 is 1.18 bits per heavy atom. The molecular formula is C28H36O5. The van der Waals surface area contributed by atoms with Gasteiger partial charge in [-0.05, 0) is 54.2 Å². The van der Waals surface area contributed by atoms with Crippen LogP contribution >= 0.6 is 0 Å². The molecule has 1 aliphatic heterocycles. The number of rotatable bonds is 4. The standard InChI is InChI=1S/C28H36O5/c1-25-11-9-21(29)28(4)20-8-12-26(2)18(17-10-13-31-14-17)6-7-19(26)27(20,3)24(33-16-30-5)22(23(25)28)32-15-25/h7,9-11,13-14,18,20,22-24H,6,8,12,15-16H2,1-5H3/t18-,20-,22+,23-,24+,25-,26-,27-,28-/m0/s1. The smallest absolute Gasteiger partial charge is 0.161 e. The van der Waals surface area contributed by atoms with Crippen molar-refractivity contribution in [1.82, 2.24) is 0 Å². The van der Waals surface area contributed by atoms with Gasteiger partial charge in [0, 0.05) is 29.3 Å². The Hall–Kier alpha value is -1.69. The maximum absolute atomic E-state index is 13.7. The van der Waals surface area contributed by atoms with Crippen molar-refractivity contribution in [2.45, 2.75) is 65.1 Å². The normalized spacial score (nSPS) is 50.0. The van der Waals surface area contributed by atoms with Crippen LogP contribution in [-0.4, -0.2) is 38.5 Å². The minimum Gasteiger partial charge on any atom is -0.472 e. The van der Waals surface area contributed by atoms with Gasteiger partial charge in [-0.25, -0.2) is 0 Å². The molecule has 33 heavy (non-hydrogen) atoms. The zero-order chi connectivity index (χ0) is 23.2. The Balaban J connectivity index is 1.52. The van der Waals surface area contributed by atoms with E-state index in [0.717, 1.165) is 19.3 Å². The molecule has 2 heterocycles.